The van der Waals surface area contributed by atoms with Gasteiger partial charge in [-0.3, -0.25) is 10.1 Å². The van der Waals surface area contributed by atoms with E-state index in [1.165, 1.54) is 30.1 Å². The maximum atomic E-state index is 13.7. The van der Waals surface area contributed by atoms with Crippen LogP contribution < -0.4 is 10.9 Å². The Kier molecular flexibility index (Phi) is 5.62. The summed E-state index contributed by atoms with van der Waals surface area (Å²) < 4.78 is 47.4. The Morgan fingerprint density at radius 3 is 2.61 bits per heavy atom. The van der Waals surface area contributed by atoms with Crippen molar-refractivity contribution in [3.63, 3.8) is 0 Å². The van der Waals surface area contributed by atoms with Gasteiger partial charge in [0, 0.05) is 11.9 Å². The number of aromatic nitrogens is 4. The van der Waals surface area contributed by atoms with Gasteiger partial charge in [0.05, 0.1) is 34.3 Å². The fourth-order valence-corrected chi connectivity index (χ4v) is 3.15. The van der Waals surface area contributed by atoms with E-state index in [1.54, 1.807) is 12.1 Å². The summed E-state index contributed by atoms with van der Waals surface area (Å²) in [5, 5.41) is 2.56. The molecule has 2 aromatic carbocycles. The predicted octanol–water partition coefficient (Wildman–Crippen LogP) is 4.49. The Morgan fingerprint density at radius 1 is 1.18 bits per heavy atom. The zero-order valence-electron chi connectivity index (χ0n) is 17.5. The van der Waals surface area contributed by atoms with Crippen LogP contribution in [0.5, 0.6) is 0 Å². The van der Waals surface area contributed by atoms with Gasteiger partial charge in [-0.05, 0) is 38.1 Å². The minimum absolute atomic E-state index is 0.0295. The van der Waals surface area contributed by atoms with Gasteiger partial charge in [-0.15, -0.1) is 0 Å². The predicted molar refractivity (Wildman–Crippen MR) is 114 cm³/mol. The number of amides is 1. The Hall–Kier alpha value is -4.15. The smallest absolute Gasteiger partial charge is 0.418 e. The van der Waals surface area contributed by atoms with Crippen LogP contribution in [0.1, 0.15) is 22.5 Å². The van der Waals surface area contributed by atoms with E-state index >= 15 is 0 Å². The maximum Gasteiger partial charge on any atom is 0.418 e. The molecule has 4 rings (SSSR count). The highest BCUT2D eigenvalue weighted by Gasteiger charge is 2.35. The van der Waals surface area contributed by atoms with E-state index in [2.05, 4.69) is 20.3 Å². The average molecular weight is 457 g/mol. The molecular weight excluding hydrogens is 439 g/mol. The molecule has 0 radical (unpaired) electrons. The molecule has 170 valence electrons. The Bertz CT molecular complexity index is 1390. The number of halogens is 3. The molecule has 33 heavy (non-hydrogen) atoms. The monoisotopic (exact) mass is 457 g/mol. The van der Waals surface area contributed by atoms with Crippen molar-refractivity contribution >= 4 is 22.8 Å². The summed E-state index contributed by atoms with van der Waals surface area (Å²) in [6.07, 6.45) is -2.90. The molecule has 4 aromatic rings. The summed E-state index contributed by atoms with van der Waals surface area (Å²) in [5.41, 5.74) is 0.355. The van der Waals surface area contributed by atoms with Crippen molar-refractivity contribution in [3.05, 3.63) is 81.8 Å². The molecule has 0 aliphatic rings. The van der Waals surface area contributed by atoms with Gasteiger partial charge in [-0.25, -0.2) is 14.8 Å². The largest absolute Gasteiger partial charge is 0.443 e. The number of aryl methyl sites for hydroxylation is 2. The van der Waals surface area contributed by atoms with Gasteiger partial charge in [0.25, 0.3) is 5.56 Å². The number of nitrogens with one attached hydrogen (secondary N) is 2. The molecular formula is C22H18F3N5O3. The van der Waals surface area contributed by atoms with Crippen LogP contribution in [0.15, 0.2) is 53.7 Å². The average Bonchev–Trinajstić information content (AvgIpc) is 3.22. The fraction of sp³-hybridized carbons (Fsp3) is 0.182. The van der Waals surface area contributed by atoms with Crippen LogP contribution in [-0.4, -0.2) is 25.6 Å². The first-order chi connectivity index (χ1) is 15.6. The number of anilines is 1. The van der Waals surface area contributed by atoms with E-state index in [0.717, 1.165) is 11.6 Å². The summed E-state index contributed by atoms with van der Waals surface area (Å²) in [4.78, 5) is 34.2. The number of ether oxygens (including phenoxy) is 1. The van der Waals surface area contributed by atoms with Crippen LogP contribution >= 0.6 is 0 Å². The second-order valence-electron chi connectivity index (χ2n) is 7.38. The van der Waals surface area contributed by atoms with Crippen LogP contribution in [0.2, 0.25) is 0 Å². The van der Waals surface area contributed by atoms with Crippen molar-refractivity contribution in [3.8, 4) is 5.69 Å². The molecule has 8 nitrogen and oxygen atoms in total. The summed E-state index contributed by atoms with van der Waals surface area (Å²) in [5.74, 6) is 0. The molecule has 2 N–H and O–H groups in total. The molecule has 0 aliphatic heterocycles. The Morgan fingerprint density at radius 2 is 1.91 bits per heavy atom. The van der Waals surface area contributed by atoms with Crippen molar-refractivity contribution in [1.82, 2.24) is 19.5 Å². The number of nitrogens with zero attached hydrogens (tertiary/aromatic N) is 3. The second-order valence-corrected chi connectivity index (χ2v) is 7.38. The van der Waals surface area contributed by atoms with Gasteiger partial charge >= 0.3 is 12.3 Å². The minimum Gasteiger partial charge on any atom is -0.443 e. The van der Waals surface area contributed by atoms with E-state index in [0.29, 0.717) is 5.69 Å². The topological polar surface area (TPSA) is 102 Å². The highest BCUT2D eigenvalue weighted by molar-refractivity contribution is 5.84. The normalized spacial score (nSPS) is 11.5. The molecule has 0 saturated carbocycles. The number of H-pyrrole nitrogens is 1. The lowest BCUT2D eigenvalue weighted by atomic mass is 10.1. The lowest BCUT2D eigenvalue weighted by molar-refractivity contribution is -0.137. The van der Waals surface area contributed by atoms with Gasteiger partial charge in [-0.2, -0.15) is 13.2 Å². The fourth-order valence-electron chi connectivity index (χ4n) is 3.15. The third-order valence-corrected chi connectivity index (χ3v) is 4.85. The van der Waals surface area contributed by atoms with E-state index in [9.17, 15) is 22.8 Å². The van der Waals surface area contributed by atoms with Gasteiger partial charge in [0.2, 0.25) is 0 Å². The molecule has 11 heteroatoms. The van der Waals surface area contributed by atoms with Crippen molar-refractivity contribution in [1.29, 1.82) is 0 Å². The molecule has 1 amide bonds. The summed E-state index contributed by atoms with van der Waals surface area (Å²) in [7, 11) is 0. The van der Waals surface area contributed by atoms with E-state index in [1.807, 2.05) is 19.1 Å². The number of hydrogen-bond donors (Lipinski definition) is 2. The number of aromatic amines is 1. The van der Waals surface area contributed by atoms with Crippen LogP contribution in [0.3, 0.4) is 0 Å². The molecule has 0 atom stereocenters. The molecule has 0 unspecified atom stereocenters. The van der Waals surface area contributed by atoms with Gasteiger partial charge in [0.1, 0.15) is 12.3 Å². The minimum atomic E-state index is -4.69. The number of imidazole rings is 1. The van der Waals surface area contributed by atoms with Crippen LogP contribution in [0.25, 0.3) is 16.7 Å². The van der Waals surface area contributed by atoms with E-state index in [-0.39, 0.29) is 34.7 Å². The first kappa shape index (κ1) is 22.1. The van der Waals surface area contributed by atoms with Crippen LogP contribution in [0, 0.1) is 13.8 Å². The molecule has 2 aromatic heterocycles. The standard InChI is InChI=1S/C22H18F3N5O3/c1-12-3-5-14(6-4-12)28-21(32)33-10-15-9-30(11-26-15)19-8-18-17(7-16(19)22(23,24)25)29-20(31)13(2)27-18/h3-9,11H,10H2,1-2H3,(H,28,32)(H,29,31). The van der Waals surface area contributed by atoms with Crippen molar-refractivity contribution < 1.29 is 22.7 Å². The molecule has 0 bridgehead atoms. The lowest BCUT2D eigenvalue weighted by Crippen LogP contribution is -2.15. The number of hydrogen-bond acceptors (Lipinski definition) is 5. The van der Waals surface area contributed by atoms with Crippen LogP contribution in [0.4, 0.5) is 23.7 Å². The third-order valence-electron chi connectivity index (χ3n) is 4.85. The van der Waals surface area contributed by atoms with E-state index < -0.39 is 23.4 Å². The molecule has 2 heterocycles. The maximum absolute atomic E-state index is 13.7. The Labute approximate surface area is 185 Å². The second kappa shape index (κ2) is 8.41. The van der Waals surface area contributed by atoms with Crippen molar-refractivity contribution in [2.24, 2.45) is 0 Å². The summed E-state index contributed by atoms with van der Waals surface area (Å²) in [6.45, 7) is 3.13. The highest BCUT2D eigenvalue weighted by Crippen LogP contribution is 2.35. The van der Waals surface area contributed by atoms with Crippen molar-refractivity contribution in [2.75, 3.05) is 5.32 Å². The number of carbonyl (C=O) groups is 1. The highest BCUT2D eigenvalue weighted by atomic mass is 19.4. The summed E-state index contributed by atoms with van der Waals surface area (Å²) in [6, 6.07) is 9.14. The van der Waals surface area contributed by atoms with Gasteiger partial charge in [-0.1, -0.05) is 17.7 Å². The number of fused-ring (bicyclic) bond motifs is 1. The molecule has 0 fully saturated rings. The zero-order valence-corrected chi connectivity index (χ0v) is 17.5. The number of carbonyl (C=O) groups excluding carboxylic acids is 1. The van der Waals surface area contributed by atoms with Gasteiger partial charge < -0.3 is 14.3 Å². The van der Waals surface area contributed by atoms with Crippen LogP contribution in [-0.2, 0) is 17.5 Å². The van der Waals surface area contributed by atoms with Gasteiger partial charge in [0.15, 0.2) is 0 Å². The molecule has 0 spiro atoms. The third kappa shape index (κ3) is 4.86. The first-order valence-corrected chi connectivity index (χ1v) is 9.76. The number of rotatable bonds is 4. The quantitative estimate of drug-likeness (QED) is 0.470. The number of benzene rings is 2. The number of alkyl halides is 3. The van der Waals surface area contributed by atoms with E-state index in [4.69, 9.17) is 4.74 Å². The summed E-state index contributed by atoms with van der Waals surface area (Å²) >= 11 is 0. The first-order valence-electron chi connectivity index (χ1n) is 9.76. The van der Waals surface area contributed by atoms with Crippen molar-refractivity contribution in [2.45, 2.75) is 26.6 Å². The Balaban J connectivity index is 1.57. The lowest BCUT2D eigenvalue weighted by Gasteiger charge is -2.14. The zero-order chi connectivity index (χ0) is 23.8. The molecule has 0 aliphatic carbocycles. The molecule has 0 saturated heterocycles. The SMILES string of the molecule is Cc1ccc(NC(=O)OCc2cn(-c3cc4nc(C)c(=O)[nH]c4cc3C(F)(F)F)cn2)cc1.